The van der Waals surface area contributed by atoms with E-state index in [4.69, 9.17) is 0 Å². The summed E-state index contributed by atoms with van der Waals surface area (Å²) in [6, 6.07) is 3.96. The predicted molar refractivity (Wildman–Crippen MR) is 80.7 cm³/mol. The van der Waals surface area contributed by atoms with Crippen molar-refractivity contribution in [2.24, 2.45) is 0 Å². The van der Waals surface area contributed by atoms with E-state index in [1.165, 1.54) is 0 Å². The summed E-state index contributed by atoms with van der Waals surface area (Å²) in [4.78, 5) is 9.03. The van der Waals surface area contributed by atoms with Crippen LogP contribution < -0.4 is 4.90 Å². The molecule has 0 fully saturated rings. The maximum Gasteiger partial charge on any atom is 0.128 e. The molecule has 0 aliphatic heterocycles. The Balaban J connectivity index is 2.77. The predicted octanol–water partition coefficient (Wildman–Crippen LogP) is 2.09. The van der Waals surface area contributed by atoms with Gasteiger partial charge in [0.15, 0.2) is 0 Å². The van der Waals surface area contributed by atoms with Gasteiger partial charge in [0.05, 0.1) is 6.61 Å². The molecule has 1 N–H and O–H groups in total. The van der Waals surface area contributed by atoms with E-state index in [2.05, 4.69) is 49.8 Å². The van der Waals surface area contributed by atoms with Gasteiger partial charge in [-0.3, -0.25) is 0 Å². The van der Waals surface area contributed by atoms with Crippen LogP contribution in [0.4, 0.5) is 5.82 Å². The fourth-order valence-corrected chi connectivity index (χ4v) is 1.92. The lowest BCUT2D eigenvalue weighted by molar-refractivity contribution is 0.281. The number of aliphatic hydroxyl groups excluding tert-OH is 1. The van der Waals surface area contributed by atoms with E-state index in [-0.39, 0.29) is 6.61 Å². The summed E-state index contributed by atoms with van der Waals surface area (Å²) in [7, 11) is 6.23. The highest BCUT2D eigenvalue weighted by atomic mass is 16.3. The quantitative estimate of drug-likeness (QED) is 0.819. The van der Waals surface area contributed by atoms with Crippen LogP contribution in [0, 0.1) is 0 Å². The summed E-state index contributed by atoms with van der Waals surface area (Å²) in [5, 5.41) is 9.35. The zero-order valence-corrected chi connectivity index (χ0v) is 12.8. The smallest absolute Gasteiger partial charge is 0.128 e. The van der Waals surface area contributed by atoms with Crippen LogP contribution in [-0.2, 0) is 6.61 Å². The molecule has 0 atom stereocenters. The Bertz CT molecular complexity index is 391. The normalized spacial score (nSPS) is 11.4. The highest BCUT2D eigenvalue weighted by Crippen LogP contribution is 2.19. The average Bonchev–Trinajstić information content (AvgIpc) is 2.37. The maximum atomic E-state index is 9.35. The fourth-order valence-electron chi connectivity index (χ4n) is 1.92. The lowest BCUT2D eigenvalue weighted by Gasteiger charge is -2.21. The zero-order valence-electron chi connectivity index (χ0n) is 12.8. The van der Waals surface area contributed by atoms with Crippen molar-refractivity contribution in [2.45, 2.75) is 32.8 Å². The van der Waals surface area contributed by atoms with Gasteiger partial charge in [-0.2, -0.15) is 0 Å². The third-order valence-corrected chi connectivity index (χ3v) is 3.16. The number of hydrogen-bond donors (Lipinski definition) is 1. The molecule has 0 saturated heterocycles. The number of rotatable bonds is 7. The first-order valence-corrected chi connectivity index (χ1v) is 6.91. The molecule has 0 unspecified atom stereocenters. The summed E-state index contributed by atoms with van der Waals surface area (Å²) in [5.74, 6) is 1.33. The monoisotopic (exact) mass is 265 g/mol. The Morgan fingerprint density at radius 2 is 1.84 bits per heavy atom. The Morgan fingerprint density at radius 3 is 2.37 bits per heavy atom. The van der Waals surface area contributed by atoms with Crippen molar-refractivity contribution < 1.29 is 5.11 Å². The van der Waals surface area contributed by atoms with Gasteiger partial charge in [0, 0.05) is 19.3 Å². The van der Waals surface area contributed by atoms with Crippen LogP contribution in [0.3, 0.4) is 0 Å². The van der Waals surface area contributed by atoms with Crippen LogP contribution in [0.25, 0.3) is 0 Å². The van der Waals surface area contributed by atoms with E-state index in [9.17, 15) is 5.11 Å². The molecule has 0 saturated carbocycles. The van der Waals surface area contributed by atoms with E-state index < -0.39 is 0 Å². The van der Waals surface area contributed by atoms with Crippen molar-refractivity contribution in [3.8, 4) is 0 Å². The summed E-state index contributed by atoms with van der Waals surface area (Å²) >= 11 is 0. The molecule has 1 aromatic rings. The number of aliphatic hydroxyl groups is 1. The third kappa shape index (κ3) is 5.17. The molecule has 0 radical (unpaired) electrons. The molecule has 4 heteroatoms. The molecule has 0 aliphatic rings. The Labute approximate surface area is 117 Å². The number of nitrogens with zero attached hydrogens (tertiary/aromatic N) is 3. The van der Waals surface area contributed by atoms with Crippen molar-refractivity contribution in [3.63, 3.8) is 0 Å². The highest BCUT2D eigenvalue weighted by Gasteiger charge is 2.09. The number of hydrogen-bond acceptors (Lipinski definition) is 4. The molecule has 1 rings (SSSR count). The van der Waals surface area contributed by atoms with Crippen molar-refractivity contribution in [1.29, 1.82) is 0 Å². The number of anilines is 1. The molecule has 0 spiro atoms. The minimum absolute atomic E-state index is 0.0702. The SMILES string of the molecule is CC(C)c1cc(CO)cc(N(C)CCCN(C)C)n1. The van der Waals surface area contributed by atoms with Gasteiger partial charge in [0.1, 0.15) is 5.82 Å². The lowest BCUT2D eigenvalue weighted by atomic mass is 10.1. The molecule has 4 nitrogen and oxygen atoms in total. The van der Waals surface area contributed by atoms with Gasteiger partial charge in [0.25, 0.3) is 0 Å². The molecule has 1 aromatic heterocycles. The van der Waals surface area contributed by atoms with Crippen molar-refractivity contribution in [1.82, 2.24) is 9.88 Å². The zero-order chi connectivity index (χ0) is 14.4. The van der Waals surface area contributed by atoms with Gasteiger partial charge in [-0.05, 0) is 50.7 Å². The minimum Gasteiger partial charge on any atom is -0.392 e. The second-order valence-corrected chi connectivity index (χ2v) is 5.65. The minimum atomic E-state index is 0.0702. The van der Waals surface area contributed by atoms with Crippen LogP contribution in [0.15, 0.2) is 12.1 Å². The fraction of sp³-hybridized carbons (Fsp3) is 0.667. The lowest BCUT2D eigenvalue weighted by Crippen LogP contribution is -2.24. The van der Waals surface area contributed by atoms with E-state index in [0.29, 0.717) is 5.92 Å². The highest BCUT2D eigenvalue weighted by molar-refractivity contribution is 5.42. The van der Waals surface area contributed by atoms with Crippen LogP contribution in [0.2, 0.25) is 0 Å². The average molecular weight is 265 g/mol. The maximum absolute atomic E-state index is 9.35. The first-order valence-electron chi connectivity index (χ1n) is 6.91. The van der Waals surface area contributed by atoms with Crippen LogP contribution in [0.1, 0.15) is 37.4 Å². The molecule has 0 amide bonds. The summed E-state index contributed by atoms with van der Waals surface area (Å²) in [6.07, 6.45) is 1.10. The topological polar surface area (TPSA) is 39.6 Å². The van der Waals surface area contributed by atoms with Crippen LogP contribution >= 0.6 is 0 Å². The van der Waals surface area contributed by atoms with Gasteiger partial charge in [-0.1, -0.05) is 13.8 Å². The Morgan fingerprint density at radius 1 is 1.16 bits per heavy atom. The van der Waals surface area contributed by atoms with Gasteiger partial charge < -0.3 is 14.9 Å². The van der Waals surface area contributed by atoms with E-state index in [0.717, 1.165) is 36.6 Å². The number of pyridine rings is 1. The van der Waals surface area contributed by atoms with Gasteiger partial charge in [-0.15, -0.1) is 0 Å². The second-order valence-electron chi connectivity index (χ2n) is 5.65. The van der Waals surface area contributed by atoms with Crippen LogP contribution in [0.5, 0.6) is 0 Å². The Kier molecular flexibility index (Phi) is 6.25. The largest absolute Gasteiger partial charge is 0.392 e. The second kappa shape index (κ2) is 7.46. The van der Waals surface area contributed by atoms with Crippen molar-refractivity contribution in [2.75, 3.05) is 39.1 Å². The molecule has 19 heavy (non-hydrogen) atoms. The molecular formula is C15H27N3O. The summed E-state index contributed by atoms with van der Waals surface area (Å²) < 4.78 is 0. The van der Waals surface area contributed by atoms with Crippen molar-refractivity contribution >= 4 is 5.82 Å². The van der Waals surface area contributed by atoms with E-state index in [1.54, 1.807) is 0 Å². The van der Waals surface area contributed by atoms with Gasteiger partial charge in [-0.25, -0.2) is 4.98 Å². The number of aromatic nitrogens is 1. The molecule has 108 valence electrons. The summed E-state index contributed by atoms with van der Waals surface area (Å²) in [6.45, 7) is 6.36. The molecule has 1 heterocycles. The first kappa shape index (κ1) is 15.9. The standard InChI is InChI=1S/C15H27N3O/c1-12(2)14-9-13(11-19)10-15(16-14)18(5)8-6-7-17(3)4/h9-10,12,19H,6-8,11H2,1-5H3. The van der Waals surface area contributed by atoms with Crippen LogP contribution in [-0.4, -0.2) is 49.2 Å². The van der Waals surface area contributed by atoms with E-state index in [1.807, 2.05) is 12.1 Å². The molecule has 0 aliphatic carbocycles. The van der Waals surface area contributed by atoms with Gasteiger partial charge in [0.2, 0.25) is 0 Å². The first-order chi connectivity index (χ1) is 8.93. The summed E-state index contributed by atoms with van der Waals surface area (Å²) in [5.41, 5.74) is 1.98. The third-order valence-electron chi connectivity index (χ3n) is 3.16. The van der Waals surface area contributed by atoms with Gasteiger partial charge >= 0.3 is 0 Å². The molecular weight excluding hydrogens is 238 g/mol. The molecule has 0 bridgehead atoms. The van der Waals surface area contributed by atoms with Crippen molar-refractivity contribution in [3.05, 3.63) is 23.4 Å². The molecule has 0 aromatic carbocycles. The Hall–Kier alpha value is -1.13. The van der Waals surface area contributed by atoms with E-state index >= 15 is 0 Å².